The maximum atomic E-state index is 13.2. The highest BCUT2D eigenvalue weighted by Gasteiger charge is 2.31. The van der Waals surface area contributed by atoms with E-state index in [4.69, 9.17) is 0 Å². The van der Waals surface area contributed by atoms with Crippen LogP contribution in [0.5, 0.6) is 0 Å². The van der Waals surface area contributed by atoms with Gasteiger partial charge in [0.15, 0.2) is 0 Å². The van der Waals surface area contributed by atoms with Crippen molar-refractivity contribution in [1.29, 1.82) is 0 Å². The smallest absolute Gasteiger partial charge is 0.291 e. The molecule has 0 radical (unpaired) electrons. The summed E-state index contributed by atoms with van der Waals surface area (Å²) in [6.07, 6.45) is 3.88. The molecule has 0 bridgehead atoms. The number of fused-ring (bicyclic) bond motifs is 3. The summed E-state index contributed by atoms with van der Waals surface area (Å²) < 4.78 is 4.34. The van der Waals surface area contributed by atoms with Gasteiger partial charge in [-0.1, -0.05) is 33.6 Å². The van der Waals surface area contributed by atoms with Gasteiger partial charge in [0.1, 0.15) is 17.4 Å². The Balaban J connectivity index is 1.69. The van der Waals surface area contributed by atoms with Crippen molar-refractivity contribution in [2.24, 2.45) is 11.8 Å². The average Bonchev–Trinajstić information content (AvgIpc) is 3.25. The predicted octanol–water partition coefficient (Wildman–Crippen LogP) is 3.91. The van der Waals surface area contributed by atoms with Crippen molar-refractivity contribution >= 4 is 33.0 Å². The standard InChI is InChI=1S/C21H28N4O2S/c1-5-16(20(26)22-15-8-6-7-12(2)13(15)3)25-21(27)18-11-19-17(9-10-28-19)24(18)14(4)23-25/h9-13,15-16H,5-8H2,1-4H3,(H,22,26)/t12-,13+,15+,16+/m0/s1. The molecule has 1 saturated carbocycles. The number of rotatable bonds is 4. The third kappa shape index (κ3) is 3.05. The molecule has 3 heterocycles. The summed E-state index contributed by atoms with van der Waals surface area (Å²) >= 11 is 1.60. The molecular formula is C21H28N4O2S. The van der Waals surface area contributed by atoms with Gasteiger partial charge in [-0.15, -0.1) is 11.3 Å². The molecule has 1 N–H and O–H groups in total. The minimum absolute atomic E-state index is 0.0971. The van der Waals surface area contributed by atoms with E-state index < -0.39 is 6.04 Å². The van der Waals surface area contributed by atoms with Crippen LogP contribution in [0.2, 0.25) is 0 Å². The second kappa shape index (κ2) is 7.35. The van der Waals surface area contributed by atoms with E-state index in [1.54, 1.807) is 11.3 Å². The highest BCUT2D eigenvalue weighted by Crippen LogP contribution is 2.30. The molecule has 1 aliphatic carbocycles. The van der Waals surface area contributed by atoms with E-state index in [0.717, 1.165) is 23.1 Å². The fourth-order valence-electron chi connectivity index (χ4n) is 4.54. The number of nitrogens with one attached hydrogen (secondary N) is 1. The van der Waals surface area contributed by atoms with Crippen molar-refractivity contribution < 1.29 is 4.79 Å². The van der Waals surface area contributed by atoms with Gasteiger partial charge >= 0.3 is 0 Å². The first-order chi connectivity index (χ1) is 13.4. The topological polar surface area (TPSA) is 68.4 Å². The first-order valence-electron chi connectivity index (χ1n) is 10.2. The molecule has 0 aromatic carbocycles. The van der Waals surface area contributed by atoms with E-state index in [1.807, 2.05) is 35.8 Å². The molecule has 1 fully saturated rings. The van der Waals surface area contributed by atoms with Gasteiger partial charge in [0.05, 0.1) is 10.2 Å². The lowest BCUT2D eigenvalue weighted by Crippen LogP contribution is -2.48. The molecule has 6 nitrogen and oxygen atoms in total. The second-order valence-electron chi connectivity index (χ2n) is 8.14. The van der Waals surface area contributed by atoms with Crippen LogP contribution in [-0.2, 0) is 4.79 Å². The molecule has 0 spiro atoms. The Morgan fingerprint density at radius 1 is 1.36 bits per heavy atom. The fourth-order valence-corrected chi connectivity index (χ4v) is 5.34. The Morgan fingerprint density at radius 2 is 2.14 bits per heavy atom. The van der Waals surface area contributed by atoms with Gasteiger partial charge < -0.3 is 5.32 Å². The summed E-state index contributed by atoms with van der Waals surface area (Å²) in [4.78, 5) is 26.3. The van der Waals surface area contributed by atoms with Crippen molar-refractivity contribution in [2.45, 2.75) is 65.5 Å². The first-order valence-corrected chi connectivity index (χ1v) is 11.1. The van der Waals surface area contributed by atoms with Gasteiger partial charge in [0, 0.05) is 6.04 Å². The van der Waals surface area contributed by atoms with Crippen LogP contribution >= 0.6 is 11.3 Å². The summed E-state index contributed by atoms with van der Waals surface area (Å²) in [5.74, 6) is 1.67. The molecule has 0 saturated heterocycles. The maximum absolute atomic E-state index is 13.2. The SMILES string of the molecule is CC[C@H](C(=O)N[C@@H]1CCC[C@H](C)[C@H]1C)n1nc(C)n2c(cc3sccc32)c1=O. The van der Waals surface area contributed by atoms with Crippen molar-refractivity contribution in [2.75, 3.05) is 0 Å². The van der Waals surface area contributed by atoms with Crippen LogP contribution in [-0.4, -0.2) is 26.1 Å². The number of hydrogen-bond donors (Lipinski definition) is 1. The Kier molecular flexibility index (Phi) is 5.04. The van der Waals surface area contributed by atoms with Crippen molar-refractivity contribution in [1.82, 2.24) is 19.5 Å². The van der Waals surface area contributed by atoms with Gasteiger partial charge in [0.2, 0.25) is 5.91 Å². The lowest BCUT2D eigenvalue weighted by Gasteiger charge is -2.35. The Hall–Kier alpha value is -2.15. The largest absolute Gasteiger partial charge is 0.351 e. The van der Waals surface area contributed by atoms with Crippen LogP contribution in [0.25, 0.3) is 15.7 Å². The zero-order valence-corrected chi connectivity index (χ0v) is 17.8. The van der Waals surface area contributed by atoms with Gasteiger partial charge in [-0.3, -0.25) is 14.0 Å². The van der Waals surface area contributed by atoms with Crippen molar-refractivity contribution in [3.05, 3.63) is 33.7 Å². The summed E-state index contributed by atoms with van der Waals surface area (Å²) in [6.45, 7) is 8.28. The molecule has 4 rings (SSSR count). The molecule has 0 unspecified atom stereocenters. The molecule has 1 aliphatic rings. The number of thiophene rings is 1. The number of hydrogen-bond acceptors (Lipinski definition) is 4. The van der Waals surface area contributed by atoms with E-state index in [2.05, 4.69) is 24.3 Å². The van der Waals surface area contributed by atoms with E-state index in [1.165, 1.54) is 11.1 Å². The molecule has 7 heteroatoms. The monoisotopic (exact) mass is 400 g/mol. The van der Waals surface area contributed by atoms with Crippen molar-refractivity contribution in [3.8, 4) is 0 Å². The lowest BCUT2D eigenvalue weighted by atomic mass is 9.78. The van der Waals surface area contributed by atoms with E-state index in [-0.39, 0.29) is 17.5 Å². The number of aryl methyl sites for hydroxylation is 1. The molecule has 1 amide bonds. The predicted molar refractivity (Wildman–Crippen MR) is 113 cm³/mol. The number of amides is 1. The maximum Gasteiger partial charge on any atom is 0.291 e. The van der Waals surface area contributed by atoms with Gasteiger partial charge in [-0.05, 0) is 49.1 Å². The third-order valence-electron chi connectivity index (χ3n) is 6.45. The van der Waals surface area contributed by atoms with Crippen molar-refractivity contribution in [3.63, 3.8) is 0 Å². The Labute approximate surface area is 168 Å². The summed E-state index contributed by atoms with van der Waals surface area (Å²) in [7, 11) is 0. The highest BCUT2D eigenvalue weighted by atomic mass is 32.1. The van der Waals surface area contributed by atoms with E-state index in [9.17, 15) is 9.59 Å². The Morgan fingerprint density at radius 3 is 2.89 bits per heavy atom. The molecule has 4 atom stereocenters. The summed E-state index contributed by atoms with van der Waals surface area (Å²) in [5.41, 5.74) is 1.37. The summed E-state index contributed by atoms with van der Waals surface area (Å²) in [6, 6.07) is 3.49. The molecule has 0 aliphatic heterocycles. The van der Waals surface area contributed by atoms with Crippen LogP contribution in [0.1, 0.15) is 58.3 Å². The average molecular weight is 401 g/mol. The van der Waals surface area contributed by atoms with Crippen LogP contribution in [0.15, 0.2) is 22.3 Å². The lowest BCUT2D eigenvalue weighted by molar-refractivity contribution is -0.126. The van der Waals surface area contributed by atoms with E-state index >= 15 is 0 Å². The van der Waals surface area contributed by atoms with Crippen LogP contribution in [0, 0.1) is 18.8 Å². The van der Waals surface area contributed by atoms with Crippen LogP contribution in [0.3, 0.4) is 0 Å². The highest BCUT2D eigenvalue weighted by molar-refractivity contribution is 7.17. The first kappa shape index (κ1) is 19.2. The molecule has 150 valence electrons. The van der Waals surface area contributed by atoms with Crippen LogP contribution in [0.4, 0.5) is 0 Å². The normalized spacial score (nSPS) is 23.9. The number of carbonyl (C=O) groups is 1. The second-order valence-corrected chi connectivity index (χ2v) is 9.09. The van der Waals surface area contributed by atoms with Gasteiger partial charge in [-0.25, -0.2) is 4.68 Å². The third-order valence-corrected chi connectivity index (χ3v) is 7.30. The molecule has 3 aromatic rings. The number of carbonyl (C=O) groups excluding carboxylic acids is 1. The molecular weight excluding hydrogens is 372 g/mol. The van der Waals surface area contributed by atoms with E-state index in [0.29, 0.717) is 29.6 Å². The number of aromatic nitrogens is 3. The molecule has 28 heavy (non-hydrogen) atoms. The summed E-state index contributed by atoms with van der Waals surface area (Å²) in [5, 5.41) is 9.77. The zero-order chi connectivity index (χ0) is 20.0. The van der Waals surface area contributed by atoms with Crippen LogP contribution < -0.4 is 10.9 Å². The zero-order valence-electron chi connectivity index (χ0n) is 16.9. The van der Waals surface area contributed by atoms with Gasteiger partial charge in [-0.2, -0.15) is 5.10 Å². The Bertz CT molecular complexity index is 1080. The quantitative estimate of drug-likeness (QED) is 0.722. The molecule has 3 aromatic heterocycles. The van der Waals surface area contributed by atoms with Gasteiger partial charge in [0.25, 0.3) is 5.56 Å². The minimum Gasteiger partial charge on any atom is -0.351 e. The fraction of sp³-hybridized carbons (Fsp3) is 0.571. The minimum atomic E-state index is -0.589. The number of nitrogens with zero attached hydrogens (tertiary/aromatic N) is 3.